The van der Waals surface area contributed by atoms with Crippen LogP contribution in [0.5, 0.6) is 0 Å². The van der Waals surface area contributed by atoms with E-state index in [0.717, 1.165) is 5.56 Å². The monoisotopic (exact) mass is 222 g/mol. The number of nitrogens with zero attached hydrogens (tertiary/aromatic N) is 1. The van der Waals surface area contributed by atoms with Crippen LogP contribution in [-0.4, -0.2) is 25.5 Å². The van der Waals surface area contributed by atoms with Crippen LogP contribution in [0.1, 0.15) is 24.4 Å². The van der Waals surface area contributed by atoms with Gasteiger partial charge < -0.3 is 10.6 Å². The van der Waals surface area contributed by atoms with Crippen LogP contribution in [0.3, 0.4) is 0 Å². The van der Waals surface area contributed by atoms with E-state index in [-0.39, 0.29) is 11.2 Å². The van der Waals surface area contributed by atoms with Gasteiger partial charge in [-0.3, -0.25) is 0 Å². The van der Waals surface area contributed by atoms with E-state index in [9.17, 15) is 4.39 Å². The number of hydrogen-bond donors (Lipinski definition) is 1. The molecular weight excluding hydrogens is 203 g/mol. The predicted octanol–water partition coefficient (Wildman–Crippen LogP) is 2.17. The van der Waals surface area contributed by atoms with Gasteiger partial charge in [0.25, 0.3) is 0 Å². The molecule has 1 aromatic carbocycles. The number of hydrogen-bond acceptors (Lipinski definition) is 2. The minimum Gasteiger partial charge on any atom is -0.330 e. The lowest BCUT2D eigenvalue weighted by atomic mass is 9.89. The van der Waals surface area contributed by atoms with E-state index in [4.69, 9.17) is 5.73 Å². The third kappa shape index (κ3) is 1.97. The van der Waals surface area contributed by atoms with E-state index in [1.54, 1.807) is 0 Å². The summed E-state index contributed by atoms with van der Waals surface area (Å²) in [5, 5.41) is 0. The van der Waals surface area contributed by atoms with Gasteiger partial charge in [0.15, 0.2) is 0 Å². The first-order chi connectivity index (χ1) is 7.59. The van der Waals surface area contributed by atoms with Crippen LogP contribution < -0.4 is 5.73 Å². The van der Waals surface area contributed by atoms with Crippen LogP contribution in [-0.2, 0) is 0 Å². The van der Waals surface area contributed by atoms with Gasteiger partial charge in [-0.1, -0.05) is 12.1 Å². The molecule has 0 bridgehead atoms. The Hall–Kier alpha value is -0.930. The Labute approximate surface area is 96.2 Å². The molecule has 88 valence electrons. The minimum atomic E-state index is -0.182. The zero-order valence-corrected chi connectivity index (χ0v) is 9.91. The molecule has 0 aliphatic heterocycles. The van der Waals surface area contributed by atoms with Crippen LogP contribution in [0, 0.1) is 11.2 Å². The average Bonchev–Trinajstić information content (AvgIpc) is 3.02. The van der Waals surface area contributed by atoms with Gasteiger partial charge in [0, 0.05) is 11.5 Å². The maximum Gasteiger partial charge on any atom is 0.123 e. The van der Waals surface area contributed by atoms with Crippen LogP contribution in [0.25, 0.3) is 0 Å². The maximum atomic E-state index is 12.9. The van der Waals surface area contributed by atoms with Crippen molar-refractivity contribution >= 4 is 0 Å². The van der Waals surface area contributed by atoms with Gasteiger partial charge in [0.1, 0.15) is 5.82 Å². The zero-order chi connectivity index (χ0) is 11.8. The number of benzene rings is 1. The van der Waals surface area contributed by atoms with Crippen molar-refractivity contribution in [2.45, 2.75) is 18.9 Å². The van der Waals surface area contributed by atoms with E-state index >= 15 is 0 Å². The molecule has 2 nitrogen and oxygen atoms in total. The first-order valence-corrected chi connectivity index (χ1v) is 5.71. The largest absolute Gasteiger partial charge is 0.330 e. The Balaban J connectivity index is 2.30. The number of halogens is 1. The SMILES string of the molecule is CN(C)C(c1ccc(F)cc1)C1(CN)CC1. The molecular formula is C13H19FN2. The van der Waals surface area contributed by atoms with Crippen molar-refractivity contribution in [2.75, 3.05) is 20.6 Å². The molecule has 2 N–H and O–H groups in total. The van der Waals surface area contributed by atoms with Gasteiger partial charge >= 0.3 is 0 Å². The summed E-state index contributed by atoms with van der Waals surface area (Å²) < 4.78 is 12.9. The smallest absolute Gasteiger partial charge is 0.123 e. The highest BCUT2D eigenvalue weighted by Crippen LogP contribution is 2.55. The van der Waals surface area contributed by atoms with Gasteiger partial charge in [0.2, 0.25) is 0 Å². The molecule has 1 saturated carbocycles. The Morgan fingerprint density at radius 1 is 1.31 bits per heavy atom. The Kier molecular flexibility index (Phi) is 3.00. The summed E-state index contributed by atoms with van der Waals surface area (Å²) in [5.74, 6) is -0.182. The van der Waals surface area contributed by atoms with Crippen molar-refractivity contribution < 1.29 is 4.39 Å². The van der Waals surface area contributed by atoms with E-state index in [1.807, 2.05) is 12.1 Å². The average molecular weight is 222 g/mol. The minimum absolute atomic E-state index is 0.182. The van der Waals surface area contributed by atoms with Gasteiger partial charge in [0.05, 0.1) is 0 Å². The zero-order valence-electron chi connectivity index (χ0n) is 9.91. The molecule has 0 radical (unpaired) electrons. The molecule has 0 amide bonds. The first kappa shape index (κ1) is 11.6. The van der Waals surface area contributed by atoms with Crippen LogP contribution >= 0.6 is 0 Å². The van der Waals surface area contributed by atoms with Crippen molar-refractivity contribution in [1.29, 1.82) is 0 Å². The van der Waals surface area contributed by atoms with E-state index in [1.165, 1.54) is 25.0 Å². The third-order valence-corrected chi connectivity index (χ3v) is 3.58. The highest BCUT2D eigenvalue weighted by Gasteiger charge is 2.49. The molecule has 1 aromatic rings. The summed E-state index contributed by atoms with van der Waals surface area (Å²) in [6, 6.07) is 7.10. The molecule has 2 rings (SSSR count). The summed E-state index contributed by atoms with van der Waals surface area (Å²) in [6.45, 7) is 0.702. The molecule has 16 heavy (non-hydrogen) atoms. The van der Waals surface area contributed by atoms with Crippen molar-refractivity contribution in [3.8, 4) is 0 Å². The molecule has 0 heterocycles. The summed E-state index contributed by atoms with van der Waals surface area (Å²) in [6.07, 6.45) is 2.34. The number of rotatable bonds is 4. The second kappa shape index (κ2) is 4.15. The van der Waals surface area contributed by atoms with Crippen molar-refractivity contribution in [1.82, 2.24) is 4.90 Å². The molecule has 1 fully saturated rings. The van der Waals surface area contributed by atoms with Crippen LogP contribution in [0.15, 0.2) is 24.3 Å². The predicted molar refractivity (Wildman–Crippen MR) is 63.5 cm³/mol. The normalized spacial score (nSPS) is 19.8. The highest BCUT2D eigenvalue weighted by atomic mass is 19.1. The second-order valence-corrected chi connectivity index (χ2v) is 4.98. The summed E-state index contributed by atoms with van der Waals surface area (Å²) >= 11 is 0. The Morgan fingerprint density at radius 3 is 2.25 bits per heavy atom. The molecule has 3 heteroatoms. The molecule has 1 atom stereocenters. The van der Waals surface area contributed by atoms with Crippen LogP contribution in [0.2, 0.25) is 0 Å². The summed E-state index contributed by atoms with van der Waals surface area (Å²) in [5.41, 5.74) is 7.25. The van der Waals surface area contributed by atoms with E-state index in [0.29, 0.717) is 12.6 Å². The van der Waals surface area contributed by atoms with Crippen molar-refractivity contribution in [2.24, 2.45) is 11.1 Å². The lowest BCUT2D eigenvalue weighted by molar-refractivity contribution is 0.198. The lowest BCUT2D eigenvalue weighted by Crippen LogP contribution is -2.33. The molecule has 1 aliphatic rings. The molecule has 0 saturated heterocycles. The second-order valence-electron chi connectivity index (χ2n) is 4.98. The standard InChI is InChI=1S/C13H19FN2/c1-16(2)12(13(9-15)7-8-13)10-3-5-11(14)6-4-10/h3-6,12H,7-9,15H2,1-2H3. The molecule has 1 unspecified atom stereocenters. The third-order valence-electron chi connectivity index (χ3n) is 3.58. The molecule has 0 spiro atoms. The lowest BCUT2D eigenvalue weighted by Gasteiger charge is -2.32. The van der Waals surface area contributed by atoms with Crippen molar-refractivity contribution in [3.05, 3.63) is 35.6 Å². The summed E-state index contributed by atoms with van der Waals surface area (Å²) in [4.78, 5) is 2.19. The molecule has 1 aliphatic carbocycles. The van der Waals surface area contributed by atoms with E-state index in [2.05, 4.69) is 19.0 Å². The Morgan fingerprint density at radius 2 is 1.88 bits per heavy atom. The fraction of sp³-hybridized carbons (Fsp3) is 0.538. The van der Waals surface area contributed by atoms with Gasteiger partial charge in [-0.05, 0) is 51.2 Å². The first-order valence-electron chi connectivity index (χ1n) is 5.71. The van der Waals surface area contributed by atoms with Gasteiger partial charge in [-0.25, -0.2) is 4.39 Å². The number of nitrogens with two attached hydrogens (primary N) is 1. The Bertz CT molecular complexity index is 355. The topological polar surface area (TPSA) is 29.3 Å². The molecule has 0 aromatic heterocycles. The van der Waals surface area contributed by atoms with Crippen molar-refractivity contribution in [3.63, 3.8) is 0 Å². The van der Waals surface area contributed by atoms with Gasteiger partial charge in [-0.15, -0.1) is 0 Å². The summed E-state index contributed by atoms with van der Waals surface area (Å²) in [7, 11) is 4.12. The quantitative estimate of drug-likeness (QED) is 0.846. The fourth-order valence-corrected chi connectivity index (χ4v) is 2.59. The fourth-order valence-electron chi connectivity index (χ4n) is 2.59. The maximum absolute atomic E-state index is 12.9. The van der Waals surface area contributed by atoms with Crippen LogP contribution in [0.4, 0.5) is 4.39 Å². The van der Waals surface area contributed by atoms with Gasteiger partial charge in [-0.2, -0.15) is 0 Å². The highest BCUT2D eigenvalue weighted by molar-refractivity contribution is 5.25. The van der Waals surface area contributed by atoms with E-state index < -0.39 is 0 Å².